The van der Waals surface area contributed by atoms with E-state index in [0.29, 0.717) is 76.7 Å². The topological polar surface area (TPSA) is 506 Å². The molecule has 754 valence electrons. The molecule has 0 aliphatic carbocycles. The van der Waals surface area contributed by atoms with Gasteiger partial charge in [0.05, 0.1) is 74.6 Å². The minimum absolute atomic E-state index is 0.0290. The molecule has 0 spiro atoms. The molecule has 0 aromatic carbocycles. The quantitative estimate of drug-likeness (QED) is 0.0164. The third-order valence-corrected chi connectivity index (χ3v) is 21.2. The molecule has 0 unspecified atom stereocenters. The number of aromatic nitrogens is 4. The molecular formula is C96H125F3N16O20S4. The molecule has 4 aromatic heterocycles. The van der Waals surface area contributed by atoms with E-state index in [0.717, 1.165) is 24.3 Å². The number of rotatable bonds is 16. The highest BCUT2D eigenvalue weighted by Gasteiger charge is 2.37. The number of carbonyl (C=O) groups is 16. The summed E-state index contributed by atoms with van der Waals surface area (Å²) in [6.07, 6.45) is 11.7. The molecule has 4 aromatic rings. The number of ether oxygens (including phenoxy) is 4. The van der Waals surface area contributed by atoms with Crippen molar-refractivity contribution in [3.8, 4) is 0 Å². The van der Waals surface area contributed by atoms with Crippen molar-refractivity contribution < 1.29 is 109 Å². The second-order valence-corrected chi connectivity index (χ2v) is 35.9. The maximum Gasteiger partial charge on any atom is 0.329 e. The number of hydrogen-bond donors (Lipinski definition) is 16. The Balaban J connectivity index is 0.000000327. The van der Waals surface area contributed by atoms with Crippen LogP contribution in [-0.4, -0.2) is 186 Å². The van der Waals surface area contributed by atoms with Crippen LogP contribution in [0.4, 0.5) is 13.2 Å². The lowest BCUT2D eigenvalue weighted by molar-refractivity contribution is -0.153. The molecular weight excluding hydrogens is 1880 g/mol. The minimum Gasteiger partial charge on any atom is -0.456 e. The summed E-state index contributed by atoms with van der Waals surface area (Å²) < 4.78 is 65.1. The van der Waals surface area contributed by atoms with Gasteiger partial charge in [-0.3, -0.25) is 57.5 Å². The molecule has 4 aliphatic heterocycles. The number of amides is 12. The number of thiol groups is 4. The predicted octanol–water partition coefficient (Wildman–Crippen LogP) is 8.63. The Morgan fingerprint density at radius 1 is 0.345 bits per heavy atom. The Kier molecular flexibility index (Phi) is 49.4. The van der Waals surface area contributed by atoms with Crippen LogP contribution in [0.15, 0.2) is 148 Å². The average Bonchev–Trinajstić information content (AvgIpc) is 0.820. The molecule has 36 nitrogen and oxygen atoms in total. The summed E-state index contributed by atoms with van der Waals surface area (Å²) in [5.41, 5.74) is 1.50. The normalized spacial score (nSPS) is 20.4. The van der Waals surface area contributed by atoms with E-state index >= 15 is 0 Å². The SMILES string of the molecule is CC(C)=C1NC(=O)c2cc(F)cc(n2)CNC(=O)C[C@@H](/C=C/CCS)OC(=O)[C@H](C(C)C)NC1=O.CC(C)=C1NC(=O)c2ccc(F)c(n2)CNC(=O)C[C@@H](/C=C/CCS)OC(=O)[C@H](C(C)C)NC1=O.CC(C)=C1NC(=O)c2cccc(n2)CNC(=O)C[C@@H](/C=C/CCS)OC(=O)[C@H](C(C)C)NC1=O.CC(C)=C1NC(=O)c2nc(ccc2F)CNC(=O)C[C@@H](/C=C/CCS)OC(=O)[C@H](C(C)C)NC1=O. The van der Waals surface area contributed by atoms with E-state index in [1.807, 2.05) is 0 Å². The lowest BCUT2D eigenvalue weighted by Gasteiger charge is -2.24. The molecule has 0 saturated heterocycles. The molecule has 0 fully saturated rings. The van der Waals surface area contributed by atoms with E-state index in [-0.39, 0.29) is 138 Å². The van der Waals surface area contributed by atoms with Crippen LogP contribution < -0.4 is 63.8 Å². The third-order valence-electron chi connectivity index (χ3n) is 20.1. The summed E-state index contributed by atoms with van der Waals surface area (Å²) in [7, 11) is 0. The van der Waals surface area contributed by atoms with Gasteiger partial charge in [-0.05, 0) is 217 Å². The number of cyclic esters (lactones) is 4. The van der Waals surface area contributed by atoms with Gasteiger partial charge in [0.25, 0.3) is 47.3 Å². The van der Waals surface area contributed by atoms with Crippen LogP contribution in [0.25, 0.3) is 0 Å². The van der Waals surface area contributed by atoms with E-state index in [9.17, 15) is 89.9 Å². The number of allylic oxidation sites excluding steroid dienone is 8. The largest absolute Gasteiger partial charge is 0.456 e. The summed E-state index contributed by atoms with van der Waals surface area (Å²) in [4.78, 5) is 222. The molecule has 139 heavy (non-hydrogen) atoms. The fourth-order valence-corrected chi connectivity index (χ4v) is 13.3. The third kappa shape index (κ3) is 39.6. The van der Waals surface area contributed by atoms with E-state index in [1.54, 1.807) is 172 Å². The average molecular weight is 2010 g/mol. The van der Waals surface area contributed by atoms with Crippen LogP contribution in [0.1, 0.15) is 227 Å². The molecule has 12 amide bonds. The highest BCUT2D eigenvalue weighted by Crippen LogP contribution is 2.22. The zero-order valence-corrected chi connectivity index (χ0v) is 84.0. The van der Waals surface area contributed by atoms with Gasteiger partial charge >= 0.3 is 23.9 Å². The van der Waals surface area contributed by atoms with Crippen molar-refractivity contribution in [2.24, 2.45) is 23.7 Å². The van der Waals surface area contributed by atoms with Gasteiger partial charge in [-0.1, -0.05) is 85.8 Å². The second-order valence-electron chi connectivity index (χ2n) is 34.1. The molecule has 4 aliphatic rings. The van der Waals surface area contributed by atoms with Gasteiger partial charge in [0.15, 0.2) is 11.5 Å². The van der Waals surface area contributed by atoms with Crippen molar-refractivity contribution in [1.29, 1.82) is 0 Å². The first kappa shape index (κ1) is 117. The Labute approximate surface area is 827 Å². The summed E-state index contributed by atoms with van der Waals surface area (Å²) in [5, 5.41) is 30.9. The smallest absolute Gasteiger partial charge is 0.329 e. The minimum atomic E-state index is -1.07. The van der Waals surface area contributed by atoms with Gasteiger partial charge in [0.1, 0.15) is 100 Å². The molecule has 8 bridgehead atoms. The van der Waals surface area contributed by atoms with Crippen molar-refractivity contribution in [3.05, 3.63) is 211 Å². The summed E-state index contributed by atoms with van der Waals surface area (Å²) in [6.45, 7) is 26.5. The standard InChI is InChI=1S/3C24H31FN4O5S.C24H32N4O5S/c1-13(2)19-22(31)29-20(14(3)4)24(33)34-16(7-5-6-10-35)11-18(30)26-12-15-8-9-17(25)21(27-15)23(32)28-19;1-13(2)20-23(32)29-21(14(3)4)24(33)34-15(7-5-6-10-35)11-19(30)26-12-18-16(25)8-9-17(27-18)22(31)28-20;1-13(2)20-23(32)29-21(14(3)4)24(33)34-17(7-5-6-8-35)11-19(30)26-12-16-9-15(25)10-18(27-16)22(31)28-20;1-14(2)20-23(31)28-21(15(3)4)24(32)33-17(9-5-6-11-34)12-19(29)25-13-16-8-7-10-18(26-16)22(30)27-20/h5,7-9,14,16,20,35H,6,10-12H2,1-4H3,(H,26,30)(H,28,32)(H,29,31);5,7-9,14-15,21,35H,6,10-12H2,1-4H3,(H,26,30)(H,28,31)(H,29,32);5,7,9-10,14,17,21,35H,6,8,11-12H2,1-4H3,(H,26,30)(H,28,31)(H,29,32);5,7-10,15,17,21,34H,6,11-13H2,1-4H3,(H,25,29)(H,27,30)(H,28,31)/b3*7-5+;9-5+/t16-,20+;15-,21+;2*17-,21+/m1111/s1. The van der Waals surface area contributed by atoms with Crippen molar-refractivity contribution in [2.75, 3.05) is 23.0 Å². The zero-order chi connectivity index (χ0) is 104. The Bertz CT molecular complexity index is 5390. The second kappa shape index (κ2) is 58.8. The fourth-order valence-electron chi connectivity index (χ4n) is 12.7. The number of hydrogen-bond acceptors (Lipinski definition) is 28. The van der Waals surface area contributed by atoms with Crippen molar-refractivity contribution >= 4 is 145 Å². The Morgan fingerprint density at radius 3 is 0.971 bits per heavy atom. The molecule has 0 radical (unpaired) electrons. The first-order chi connectivity index (χ1) is 65.7. The van der Waals surface area contributed by atoms with E-state index in [4.69, 9.17) is 18.9 Å². The number of esters is 4. The van der Waals surface area contributed by atoms with E-state index in [1.165, 1.54) is 18.2 Å². The maximum atomic E-state index is 14.4. The van der Waals surface area contributed by atoms with Crippen LogP contribution in [0.2, 0.25) is 0 Å². The molecule has 8 rings (SSSR count). The Hall–Kier alpha value is -12.8. The molecule has 0 saturated carbocycles. The van der Waals surface area contributed by atoms with E-state index < -0.39 is 161 Å². The van der Waals surface area contributed by atoms with Crippen LogP contribution in [0.3, 0.4) is 0 Å². The van der Waals surface area contributed by atoms with Gasteiger partial charge in [0, 0.05) is 6.07 Å². The summed E-state index contributed by atoms with van der Waals surface area (Å²) >= 11 is 16.6. The van der Waals surface area contributed by atoms with Crippen LogP contribution in [0.5, 0.6) is 0 Å². The van der Waals surface area contributed by atoms with Crippen molar-refractivity contribution in [2.45, 2.75) is 237 Å². The lowest BCUT2D eigenvalue weighted by atomic mass is 10.0. The first-order valence-electron chi connectivity index (χ1n) is 44.8. The van der Waals surface area contributed by atoms with Crippen LogP contribution in [-0.2, 0) is 103 Å². The highest BCUT2D eigenvalue weighted by atomic mass is 32.1. The highest BCUT2D eigenvalue weighted by molar-refractivity contribution is 7.80. The molecule has 8 heterocycles. The first-order valence-corrected chi connectivity index (χ1v) is 47.3. The molecule has 12 N–H and O–H groups in total. The van der Waals surface area contributed by atoms with Crippen LogP contribution >= 0.6 is 50.5 Å². The van der Waals surface area contributed by atoms with Crippen molar-refractivity contribution in [1.82, 2.24) is 83.7 Å². The van der Waals surface area contributed by atoms with Crippen molar-refractivity contribution in [3.63, 3.8) is 0 Å². The molecule has 43 heteroatoms. The number of nitrogens with zero attached hydrogens (tertiary/aromatic N) is 4. The number of nitrogens with one attached hydrogen (secondary N) is 12. The number of halogens is 3. The van der Waals surface area contributed by atoms with Gasteiger partial charge in [-0.25, -0.2) is 52.3 Å². The van der Waals surface area contributed by atoms with Gasteiger partial charge in [-0.2, -0.15) is 50.5 Å². The van der Waals surface area contributed by atoms with Gasteiger partial charge < -0.3 is 82.7 Å². The fraction of sp³-hybridized carbons (Fsp3) is 0.458. The number of pyridine rings is 4. The van der Waals surface area contributed by atoms with E-state index in [2.05, 4.69) is 134 Å². The number of carbonyl (C=O) groups excluding carboxylic acids is 16. The molecule has 8 atom stereocenters. The van der Waals surface area contributed by atoms with Gasteiger partial charge in [-0.15, -0.1) is 0 Å². The summed E-state index contributed by atoms with van der Waals surface area (Å²) in [6, 6.07) is 7.35. The van der Waals surface area contributed by atoms with Gasteiger partial charge in [0.2, 0.25) is 23.6 Å². The zero-order valence-electron chi connectivity index (χ0n) is 80.4. The Morgan fingerprint density at radius 2 is 0.640 bits per heavy atom. The maximum absolute atomic E-state index is 14.4. The monoisotopic (exact) mass is 2010 g/mol. The predicted molar refractivity (Wildman–Crippen MR) is 523 cm³/mol. The van der Waals surface area contributed by atoms with Crippen LogP contribution in [0, 0.1) is 41.1 Å². The number of fused-ring (bicyclic) bond motifs is 8. The lowest BCUT2D eigenvalue weighted by Crippen LogP contribution is -2.49. The summed E-state index contributed by atoms with van der Waals surface area (Å²) in [5.74, 6) is -11.9.